The number of benzene rings is 1. The molecule has 0 spiro atoms. The van der Waals surface area contributed by atoms with E-state index in [2.05, 4.69) is 30.5 Å². The van der Waals surface area contributed by atoms with E-state index in [1.54, 1.807) is 43.5 Å². The van der Waals surface area contributed by atoms with Crippen molar-refractivity contribution in [3.8, 4) is 17.2 Å². The SMILES string of the molecule is Cc1nc(NC(=O)c2cccn(-c3ccc(F)cc3)c2=O)ccc1Oc1ccnc2cnc(C(=O)NC3C=CN(C)CC3)cc12. The van der Waals surface area contributed by atoms with Gasteiger partial charge in [-0.3, -0.25) is 23.9 Å². The van der Waals surface area contributed by atoms with Crippen LogP contribution in [-0.4, -0.2) is 55.9 Å². The van der Waals surface area contributed by atoms with Crippen LogP contribution in [-0.2, 0) is 0 Å². The number of fused-ring (bicyclic) bond motifs is 1. The highest BCUT2D eigenvalue weighted by atomic mass is 19.1. The van der Waals surface area contributed by atoms with Crippen molar-refractivity contribution < 1.29 is 18.7 Å². The Morgan fingerprint density at radius 1 is 1.02 bits per heavy atom. The Morgan fingerprint density at radius 2 is 1.84 bits per heavy atom. The number of halogens is 1. The molecule has 1 unspecified atom stereocenters. The lowest BCUT2D eigenvalue weighted by Gasteiger charge is -2.24. The second-order valence-electron chi connectivity index (χ2n) is 10.5. The number of pyridine rings is 4. The predicted octanol–water partition coefficient (Wildman–Crippen LogP) is 4.62. The Balaban J connectivity index is 1.19. The number of nitrogens with one attached hydrogen (secondary N) is 2. The van der Waals surface area contributed by atoms with Crippen LogP contribution in [0.4, 0.5) is 10.2 Å². The van der Waals surface area contributed by atoms with Crippen molar-refractivity contribution >= 4 is 28.5 Å². The van der Waals surface area contributed by atoms with E-state index in [0.717, 1.165) is 13.0 Å². The van der Waals surface area contributed by atoms with Gasteiger partial charge >= 0.3 is 0 Å². The number of aryl methyl sites for hydroxylation is 1. The van der Waals surface area contributed by atoms with Crippen molar-refractivity contribution in [3.63, 3.8) is 0 Å². The highest BCUT2D eigenvalue weighted by Gasteiger charge is 2.18. The van der Waals surface area contributed by atoms with Gasteiger partial charge in [-0.15, -0.1) is 0 Å². The molecule has 45 heavy (non-hydrogen) atoms. The van der Waals surface area contributed by atoms with E-state index in [0.29, 0.717) is 33.8 Å². The van der Waals surface area contributed by atoms with Crippen molar-refractivity contribution in [2.24, 2.45) is 0 Å². The zero-order valence-electron chi connectivity index (χ0n) is 24.4. The molecule has 5 heterocycles. The van der Waals surface area contributed by atoms with Gasteiger partial charge in [-0.2, -0.15) is 0 Å². The molecular weight excluding hydrogens is 577 g/mol. The van der Waals surface area contributed by atoms with Gasteiger partial charge in [-0.1, -0.05) is 0 Å². The number of aromatic nitrogens is 4. The van der Waals surface area contributed by atoms with Gasteiger partial charge in [-0.25, -0.2) is 14.4 Å². The molecule has 0 saturated heterocycles. The van der Waals surface area contributed by atoms with Crippen LogP contribution < -0.4 is 20.9 Å². The maximum Gasteiger partial charge on any atom is 0.270 e. The molecule has 0 radical (unpaired) electrons. The Labute approximate surface area is 257 Å². The van der Waals surface area contributed by atoms with E-state index in [-0.39, 0.29) is 29.0 Å². The molecule has 0 saturated carbocycles. The number of ether oxygens (including phenoxy) is 1. The van der Waals surface area contributed by atoms with Crippen molar-refractivity contribution in [1.82, 2.24) is 29.7 Å². The zero-order chi connectivity index (χ0) is 31.5. The van der Waals surface area contributed by atoms with Gasteiger partial charge < -0.3 is 20.3 Å². The smallest absolute Gasteiger partial charge is 0.270 e. The van der Waals surface area contributed by atoms with Crippen molar-refractivity contribution in [3.05, 3.63) is 125 Å². The summed E-state index contributed by atoms with van der Waals surface area (Å²) in [6, 6.07) is 14.8. The van der Waals surface area contributed by atoms with Crippen LogP contribution >= 0.6 is 0 Å². The van der Waals surface area contributed by atoms with Gasteiger partial charge in [0.05, 0.1) is 23.4 Å². The molecule has 2 amide bonds. The van der Waals surface area contributed by atoms with Gasteiger partial charge in [0, 0.05) is 37.1 Å². The lowest BCUT2D eigenvalue weighted by atomic mass is 10.1. The van der Waals surface area contributed by atoms with Crippen molar-refractivity contribution in [1.29, 1.82) is 0 Å². The van der Waals surface area contributed by atoms with Crippen LogP contribution in [0.25, 0.3) is 16.6 Å². The molecule has 4 aromatic heterocycles. The maximum absolute atomic E-state index is 13.3. The highest BCUT2D eigenvalue weighted by molar-refractivity contribution is 6.03. The number of carbonyl (C=O) groups is 2. The third-order valence-electron chi connectivity index (χ3n) is 7.30. The van der Waals surface area contributed by atoms with E-state index >= 15 is 0 Å². The summed E-state index contributed by atoms with van der Waals surface area (Å²) in [5, 5.41) is 6.24. The molecule has 1 aliphatic rings. The summed E-state index contributed by atoms with van der Waals surface area (Å²) in [5.74, 6) is -0.303. The topological polar surface area (TPSA) is 131 Å². The molecule has 5 aromatic rings. The summed E-state index contributed by atoms with van der Waals surface area (Å²) in [5.41, 5.74) is 1.01. The van der Waals surface area contributed by atoms with Crippen LogP contribution in [0.15, 0.2) is 96.3 Å². The first-order chi connectivity index (χ1) is 21.7. The molecule has 1 aliphatic heterocycles. The Morgan fingerprint density at radius 3 is 2.60 bits per heavy atom. The molecule has 0 bridgehead atoms. The lowest BCUT2D eigenvalue weighted by Crippen LogP contribution is -2.38. The summed E-state index contributed by atoms with van der Waals surface area (Å²) in [7, 11) is 1.98. The number of nitrogens with zero attached hydrogens (tertiary/aromatic N) is 5. The molecule has 1 aromatic carbocycles. The average Bonchev–Trinajstić information content (AvgIpc) is 3.04. The number of hydrogen-bond acceptors (Lipinski definition) is 8. The van der Waals surface area contributed by atoms with Crippen LogP contribution in [0.1, 0.15) is 33.0 Å². The number of carbonyl (C=O) groups excluding carboxylic acids is 2. The van der Waals surface area contributed by atoms with Crippen LogP contribution in [0.5, 0.6) is 11.5 Å². The summed E-state index contributed by atoms with van der Waals surface area (Å²) in [6.07, 6.45) is 9.30. The number of rotatable bonds is 7. The highest BCUT2D eigenvalue weighted by Crippen LogP contribution is 2.31. The normalized spacial score (nSPS) is 14.3. The molecule has 0 fully saturated rings. The van der Waals surface area contributed by atoms with E-state index in [1.807, 2.05) is 19.3 Å². The van der Waals surface area contributed by atoms with E-state index in [9.17, 15) is 18.8 Å². The van der Waals surface area contributed by atoms with Gasteiger partial charge in [0.15, 0.2) is 0 Å². The largest absolute Gasteiger partial charge is 0.455 e. The fourth-order valence-corrected chi connectivity index (χ4v) is 4.86. The molecule has 0 aliphatic carbocycles. The van der Waals surface area contributed by atoms with Crippen LogP contribution in [0.3, 0.4) is 0 Å². The average molecular weight is 606 g/mol. The third kappa shape index (κ3) is 6.39. The minimum Gasteiger partial charge on any atom is -0.455 e. The summed E-state index contributed by atoms with van der Waals surface area (Å²) >= 11 is 0. The first-order valence-electron chi connectivity index (χ1n) is 14.1. The van der Waals surface area contributed by atoms with Gasteiger partial charge in [0.2, 0.25) is 0 Å². The maximum atomic E-state index is 13.3. The Kier molecular flexibility index (Phi) is 8.02. The second kappa shape index (κ2) is 12.4. The molecule has 11 nitrogen and oxygen atoms in total. The molecule has 1 atom stereocenters. The van der Waals surface area contributed by atoms with E-state index in [4.69, 9.17) is 4.74 Å². The quantitative estimate of drug-likeness (QED) is 0.275. The minimum atomic E-state index is -0.647. The summed E-state index contributed by atoms with van der Waals surface area (Å²) < 4.78 is 20.8. The first-order valence-corrected chi connectivity index (χ1v) is 14.1. The second-order valence-corrected chi connectivity index (χ2v) is 10.5. The van der Waals surface area contributed by atoms with Gasteiger partial charge in [0.25, 0.3) is 17.4 Å². The third-order valence-corrected chi connectivity index (χ3v) is 7.30. The van der Waals surface area contributed by atoms with Crippen LogP contribution in [0.2, 0.25) is 0 Å². The fourth-order valence-electron chi connectivity index (χ4n) is 4.86. The molecule has 226 valence electrons. The summed E-state index contributed by atoms with van der Waals surface area (Å²) in [6.45, 7) is 2.56. The molecule has 2 N–H and O–H groups in total. The zero-order valence-corrected chi connectivity index (χ0v) is 24.4. The van der Waals surface area contributed by atoms with Crippen LogP contribution in [0, 0.1) is 12.7 Å². The predicted molar refractivity (Wildman–Crippen MR) is 166 cm³/mol. The van der Waals surface area contributed by atoms with E-state index < -0.39 is 17.3 Å². The lowest BCUT2D eigenvalue weighted by molar-refractivity contribution is 0.0934. The Bertz CT molecular complexity index is 2010. The molecule has 12 heteroatoms. The Hall–Kier alpha value is -5.91. The molecule has 6 rings (SSSR count). The number of amides is 2. The van der Waals surface area contributed by atoms with Crippen molar-refractivity contribution in [2.75, 3.05) is 18.9 Å². The fraction of sp³-hybridized carbons (Fsp3) is 0.152. The number of anilines is 1. The first kappa shape index (κ1) is 29.2. The molecular formula is C33H28FN7O4. The van der Waals surface area contributed by atoms with Crippen molar-refractivity contribution in [2.45, 2.75) is 19.4 Å². The standard InChI is InChI=1S/C33H28FN7O4/c1-20-28(9-10-30(37-20)39-31(42)24-4-3-15-41(33(24)44)23-7-5-21(34)6-8-23)45-29-11-14-35-27-19-36-26(18-25(27)29)32(43)38-22-12-16-40(2)17-13-22/h3-12,14-16,18-19,22H,13,17H2,1-2H3,(H,38,43)(H,37,39,42). The summed E-state index contributed by atoms with van der Waals surface area (Å²) in [4.78, 5) is 54.1. The monoisotopic (exact) mass is 605 g/mol. The van der Waals surface area contributed by atoms with Gasteiger partial charge in [0.1, 0.15) is 34.4 Å². The minimum absolute atomic E-state index is 0.0822. The van der Waals surface area contributed by atoms with Gasteiger partial charge in [-0.05, 0) is 86.3 Å². The van der Waals surface area contributed by atoms with E-state index in [1.165, 1.54) is 47.3 Å². The number of hydrogen-bond donors (Lipinski definition) is 2.